The Hall–Kier alpha value is -1.88. The van der Waals surface area contributed by atoms with E-state index in [4.69, 9.17) is 5.73 Å². The van der Waals surface area contributed by atoms with E-state index in [-0.39, 0.29) is 17.2 Å². The average molecular weight is 261 g/mol. The number of anilines is 2. The Morgan fingerprint density at radius 2 is 1.68 bits per heavy atom. The number of amides is 2. The number of hydrogen-bond donors (Lipinski definition) is 3. The lowest BCUT2D eigenvalue weighted by atomic mass is 9.68. The third-order valence-electron chi connectivity index (χ3n) is 3.65. The topological polar surface area (TPSA) is 84.2 Å². The zero-order valence-corrected chi connectivity index (χ0v) is 11.0. The van der Waals surface area contributed by atoms with Crippen LogP contribution in [0.25, 0.3) is 0 Å². The smallest absolute Gasteiger partial charge is 0.231 e. The highest BCUT2D eigenvalue weighted by Crippen LogP contribution is 2.40. The van der Waals surface area contributed by atoms with Gasteiger partial charge in [0.2, 0.25) is 11.8 Å². The van der Waals surface area contributed by atoms with Crippen molar-refractivity contribution in [3.05, 3.63) is 24.3 Å². The lowest BCUT2D eigenvalue weighted by molar-refractivity contribution is -0.129. The monoisotopic (exact) mass is 261 g/mol. The molecule has 0 unspecified atom stereocenters. The number of nitrogens with two attached hydrogens (primary N) is 1. The zero-order chi connectivity index (χ0) is 13.9. The summed E-state index contributed by atoms with van der Waals surface area (Å²) < 4.78 is 0. The Bertz CT molecular complexity index is 472. The van der Waals surface area contributed by atoms with E-state index < -0.39 is 0 Å². The number of benzene rings is 1. The first-order valence-corrected chi connectivity index (χ1v) is 6.45. The van der Waals surface area contributed by atoms with Gasteiger partial charge < -0.3 is 16.4 Å². The molecule has 0 bridgehead atoms. The number of carbonyl (C=O) groups is 2. The van der Waals surface area contributed by atoms with Crippen LogP contribution in [0.15, 0.2) is 24.3 Å². The number of nitrogens with one attached hydrogen (secondary N) is 2. The lowest BCUT2D eigenvalue weighted by Crippen LogP contribution is -2.47. The number of hydrogen-bond acceptors (Lipinski definition) is 3. The minimum Gasteiger partial charge on any atom is -0.329 e. The minimum absolute atomic E-state index is 0.00599. The van der Waals surface area contributed by atoms with Crippen LogP contribution in [0, 0.1) is 5.41 Å². The first-order chi connectivity index (χ1) is 9.05. The van der Waals surface area contributed by atoms with Crippen LogP contribution in [-0.4, -0.2) is 18.4 Å². The summed E-state index contributed by atoms with van der Waals surface area (Å²) in [6.07, 6.45) is 2.78. The fourth-order valence-electron chi connectivity index (χ4n) is 2.23. The van der Waals surface area contributed by atoms with E-state index >= 15 is 0 Å². The second-order valence-corrected chi connectivity index (χ2v) is 5.05. The molecule has 0 saturated heterocycles. The average Bonchev–Trinajstić information content (AvgIpc) is 2.30. The molecule has 2 amide bonds. The molecule has 0 aromatic heterocycles. The summed E-state index contributed by atoms with van der Waals surface area (Å²) in [7, 11) is 0. The molecule has 1 saturated carbocycles. The normalized spacial score (nSPS) is 16.3. The van der Waals surface area contributed by atoms with Gasteiger partial charge in [-0.3, -0.25) is 9.59 Å². The van der Waals surface area contributed by atoms with Crippen molar-refractivity contribution in [2.45, 2.75) is 26.2 Å². The fraction of sp³-hybridized carbons (Fsp3) is 0.429. The van der Waals surface area contributed by atoms with Gasteiger partial charge in [0, 0.05) is 24.8 Å². The van der Waals surface area contributed by atoms with Crippen molar-refractivity contribution < 1.29 is 9.59 Å². The quantitative estimate of drug-likeness (QED) is 0.771. The SMILES string of the molecule is CC(=O)Nc1ccc(NC(=O)C2(CN)CCC2)cc1. The van der Waals surface area contributed by atoms with Crippen molar-refractivity contribution in [3.63, 3.8) is 0 Å². The molecule has 0 radical (unpaired) electrons. The summed E-state index contributed by atoms with van der Waals surface area (Å²) in [5.41, 5.74) is 6.75. The van der Waals surface area contributed by atoms with E-state index in [1.807, 2.05) is 0 Å². The molecule has 5 heteroatoms. The molecule has 19 heavy (non-hydrogen) atoms. The molecule has 0 aliphatic heterocycles. The van der Waals surface area contributed by atoms with Gasteiger partial charge >= 0.3 is 0 Å². The molecular formula is C14H19N3O2. The highest BCUT2D eigenvalue weighted by atomic mass is 16.2. The standard InChI is InChI=1S/C14H19N3O2/c1-10(18)16-11-3-5-12(6-4-11)17-13(19)14(9-15)7-2-8-14/h3-6H,2,7-9,15H2,1H3,(H,16,18)(H,17,19). The molecule has 2 rings (SSSR count). The maximum atomic E-state index is 12.1. The van der Waals surface area contributed by atoms with E-state index in [1.54, 1.807) is 24.3 Å². The van der Waals surface area contributed by atoms with Crippen molar-refractivity contribution in [2.24, 2.45) is 11.1 Å². The maximum Gasteiger partial charge on any atom is 0.231 e. The molecule has 1 fully saturated rings. The molecule has 0 heterocycles. The van der Waals surface area contributed by atoms with Crippen LogP contribution in [0.3, 0.4) is 0 Å². The van der Waals surface area contributed by atoms with Gasteiger partial charge in [-0.2, -0.15) is 0 Å². The Kier molecular flexibility index (Phi) is 3.85. The van der Waals surface area contributed by atoms with Gasteiger partial charge in [0.1, 0.15) is 0 Å². The molecule has 4 N–H and O–H groups in total. The van der Waals surface area contributed by atoms with Crippen molar-refractivity contribution in [3.8, 4) is 0 Å². The van der Waals surface area contributed by atoms with Crippen molar-refractivity contribution in [1.82, 2.24) is 0 Å². The van der Waals surface area contributed by atoms with E-state index in [0.717, 1.165) is 24.9 Å². The van der Waals surface area contributed by atoms with E-state index in [9.17, 15) is 9.59 Å². The molecule has 102 valence electrons. The molecule has 5 nitrogen and oxygen atoms in total. The Labute approximate surface area is 112 Å². The molecule has 1 aliphatic rings. The first kappa shape index (κ1) is 13.5. The predicted octanol–water partition coefficient (Wildman–Crippen LogP) is 1.71. The molecule has 0 atom stereocenters. The van der Waals surface area contributed by atoms with Crippen molar-refractivity contribution in [1.29, 1.82) is 0 Å². The van der Waals surface area contributed by atoms with Crippen LogP contribution in [0.4, 0.5) is 11.4 Å². The highest BCUT2D eigenvalue weighted by Gasteiger charge is 2.42. The Morgan fingerprint density at radius 1 is 1.16 bits per heavy atom. The lowest BCUT2D eigenvalue weighted by Gasteiger charge is -2.39. The summed E-state index contributed by atoms with van der Waals surface area (Å²) in [6, 6.07) is 7.05. The van der Waals surface area contributed by atoms with Crippen LogP contribution >= 0.6 is 0 Å². The van der Waals surface area contributed by atoms with Gasteiger partial charge in [0.05, 0.1) is 5.41 Å². The van der Waals surface area contributed by atoms with Gasteiger partial charge in [-0.1, -0.05) is 6.42 Å². The van der Waals surface area contributed by atoms with E-state index in [0.29, 0.717) is 12.2 Å². The van der Waals surface area contributed by atoms with Crippen LogP contribution < -0.4 is 16.4 Å². The third-order valence-corrected chi connectivity index (χ3v) is 3.65. The molecule has 1 aromatic rings. The second kappa shape index (κ2) is 5.40. The minimum atomic E-state index is -0.379. The van der Waals surface area contributed by atoms with Gasteiger partial charge in [0.15, 0.2) is 0 Å². The van der Waals surface area contributed by atoms with Gasteiger partial charge in [-0.15, -0.1) is 0 Å². The molecule has 0 spiro atoms. The Balaban J connectivity index is 1.99. The zero-order valence-electron chi connectivity index (χ0n) is 11.0. The number of rotatable bonds is 4. The van der Waals surface area contributed by atoms with Crippen molar-refractivity contribution in [2.75, 3.05) is 17.2 Å². The van der Waals surface area contributed by atoms with Crippen LogP contribution in [0.5, 0.6) is 0 Å². The maximum absolute atomic E-state index is 12.1. The summed E-state index contributed by atoms with van der Waals surface area (Å²) in [5, 5.41) is 5.56. The largest absolute Gasteiger partial charge is 0.329 e. The Morgan fingerprint density at radius 3 is 2.05 bits per heavy atom. The summed E-state index contributed by atoms with van der Waals surface area (Å²) in [5.74, 6) is -0.123. The molecule has 1 aromatic carbocycles. The summed E-state index contributed by atoms with van der Waals surface area (Å²) >= 11 is 0. The van der Waals surface area contributed by atoms with Gasteiger partial charge in [-0.25, -0.2) is 0 Å². The predicted molar refractivity (Wildman–Crippen MR) is 74.7 cm³/mol. The van der Waals surface area contributed by atoms with Crippen LogP contribution in [-0.2, 0) is 9.59 Å². The van der Waals surface area contributed by atoms with E-state index in [2.05, 4.69) is 10.6 Å². The van der Waals surface area contributed by atoms with E-state index in [1.165, 1.54) is 6.92 Å². The fourth-order valence-corrected chi connectivity index (χ4v) is 2.23. The second-order valence-electron chi connectivity index (χ2n) is 5.05. The van der Waals surface area contributed by atoms with Gasteiger partial charge in [0.25, 0.3) is 0 Å². The van der Waals surface area contributed by atoms with Crippen LogP contribution in [0.2, 0.25) is 0 Å². The molecule has 1 aliphatic carbocycles. The van der Waals surface area contributed by atoms with Crippen molar-refractivity contribution >= 4 is 23.2 Å². The highest BCUT2D eigenvalue weighted by molar-refractivity contribution is 5.96. The molecular weight excluding hydrogens is 242 g/mol. The first-order valence-electron chi connectivity index (χ1n) is 6.45. The van der Waals surface area contributed by atoms with Crippen LogP contribution in [0.1, 0.15) is 26.2 Å². The number of carbonyl (C=O) groups excluding carboxylic acids is 2. The third kappa shape index (κ3) is 2.93. The van der Waals surface area contributed by atoms with Gasteiger partial charge in [-0.05, 0) is 37.1 Å². The summed E-state index contributed by atoms with van der Waals surface area (Å²) in [4.78, 5) is 23.0. The summed E-state index contributed by atoms with van der Waals surface area (Å²) in [6.45, 7) is 1.85.